The molecule has 0 spiro atoms. The van der Waals surface area contributed by atoms with Crippen LogP contribution in [0.25, 0.3) is 0 Å². The largest absolute Gasteiger partial charge is 0.341 e. The number of aryl methyl sites for hydroxylation is 3. The minimum Gasteiger partial charge on any atom is -0.341 e. The molecule has 0 saturated carbocycles. The number of rotatable bonds is 4. The van der Waals surface area contributed by atoms with E-state index in [-0.39, 0.29) is 11.9 Å². The molecule has 1 fully saturated rings. The highest BCUT2D eigenvalue weighted by Crippen LogP contribution is 2.21. The molecule has 5 heteroatoms. The van der Waals surface area contributed by atoms with Crippen LogP contribution in [0.5, 0.6) is 0 Å². The van der Waals surface area contributed by atoms with Gasteiger partial charge in [0.2, 0.25) is 5.91 Å². The lowest BCUT2D eigenvalue weighted by molar-refractivity contribution is -0.132. The van der Waals surface area contributed by atoms with Crippen LogP contribution in [0, 0.1) is 13.8 Å². The summed E-state index contributed by atoms with van der Waals surface area (Å²) in [6.45, 7) is 5.82. The van der Waals surface area contributed by atoms with Gasteiger partial charge in [0.1, 0.15) is 12.7 Å². The number of amides is 1. The average Bonchev–Trinajstić information content (AvgIpc) is 3.08. The number of nitrogens with zero attached hydrogens (tertiary/aromatic N) is 4. The summed E-state index contributed by atoms with van der Waals surface area (Å²) in [4.78, 5) is 18.5. The van der Waals surface area contributed by atoms with Crippen molar-refractivity contribution in [1.82, 2.24) is 19.7 Å². The van der Waals surface area contributed by atoms with Crippen LogP contribution < -0.4 is 0 Å². The molecule has 0 aliphatic carbocycles. The molecule has 1 atom stereocenters. The Bertz CT molecular complexity index is 666. The highest BCUT2D eigenvalue weighted by atomic mass is 16.2. The van der Waals surface area contributed by atoms with Gasteiger partial charge in [-0.3, -0.25) is 4.79 Å². The number of likely N-dealkylation sites (tertiary alicyclic amines) is 1. The van der Waals surface area contributed by atoms with Crippen molar-refractivity contribution in [3.05, 3.63) is 47.5 Å². The molecule has 0 unspecified atom stereocenters. The molecule has 2 aromatic rings. The molecular formula is C18H24N4O. The van der Waals surface area contributed by atoms with Gasteiger partial charge >= 0.3 is 0 Å². The Morgan fingerprint density at radius 3 is 2.96 bits per heavy atom. The molecule has 3 rings (SSSR count). The highest BCUT2D eigenvalue weighted by molar-refractivity contribution is 5.76. The van der Waals surface area contributed by atoms with Crippen LogP contribution in [-0.4, -0.2) is 38.7 Å². The fraction of sp³-hybridized carbons (Fsp3) is 0.500. The van der Waals surface area contributed by atoms with Gasteiger partial charge < -0.3 is 4.90 Å². The summed E-state index contributed by atoms with van der Waals surface area (Å²) in [6.07, 6.45) is 6.78. The standard InChI is InChI=1S/C18H24N4O/c1-14-5-6-16(15(2)10-14)7-8-18(23)21-9-3-4-17(11-21)22-13-19-12-20-22/h5-6,10,12-13,17H,3-4,7-9,11H2,1-2H3/t17-/m0/s1. The second kappa shape index (κ2) is 6.94. The van der Waals surface area contributed by atoms with Crippen molar-refractivity contribution in [2.75, 3.05) is 13.1 Å². The quantitative estimate of drug-likeness (QED) is 0.872. The summed E-state index contributed by atoms with van der Waals surface area (Å²) >= 11 is 0. The third kappa shape index (κ3) is 3.78. The van der Waals surface area contributed by atoms with E-state index in [9.17, 15) is 4.79 Å². The number of benzene rings is 1. The molecule has 122 valence electrons. The molecule has 1 aromatic carbocycles. The molecule has 1 aromatic heterocycles. The van der Waals surface area contributed by atoms with Gasteiger partial charge in [-0.05, 0) is 44.2 Å². The Balaban J connectivity index is 1.57. The molecule has 1 aliphatic rings. The zero-order chi connectivity index (χ0) is 16.2. The van der Waals surface area contributed by atoms with E-state index in [4.69, 9.17) is 0 Å². The average molecular weight is 312 g/mol. The van der Waals surface area contributed by atoms with E-state index in [0.717, 1.165) is 32.4 Å². The normalized spacial score (nSPS) is 18.2. The first-order valence-electron chi connectivity index (χ1n) is 8.31. The van der Waals surface area contributed by atoms with Gasteiger partial charge in [0.05, 0.1) is 6.04 Å². The van der Waals surface area contributed by atoms with E-state index in [0.29, 0.717) is 6.42 Å². The predicted molar refractivity (Wildman–Crippen MR) is 89.1 cm³/mol. The fourth-order valence-corrected chi connectivity index (χ4v) is 3.33. The second-order valence-corrected chi connectivity index (χ2v) is 6.44. The summed E-state index contributed by atoms with van der Waals surface area (Å²) in [5.41, 5.74) is 3.81. The summed E-state index contributed by atoms with van der Waals surface area (Å²) in [7, 11) is 0. The van der Waals surface area contributed by atoms with Gasteiger partial charge in [-0.25, -0.2) is 9.67 Å². The van der Waals surface area contributed by atoms with Crippen molar-refractivity contribution in [3.63, 3.8) is 0 Å². The lowest BCUT2D eigenvalue weighted by atomic mass is 10.0. The highest BCUT2D eigenvalue weighted by Gasteiger charge is 2.24. The number of hydrogen-bond acceptors (Lipinski definition) is 3. The lowest BCUT2D eigenvalue weighted by Gasteiger charge is -2.32. The summed E-state index contributed by atoms with van der Waals surface area (Å²) < 4.78 is 1.88. The van der Waals surface area contributed by atoms with Crippen LogP contribution in [0.3, 0.4) is 0 Å². The van der Waals surface area contributed by atoms with Gasteiger partial charge in [-0.15, -0.1) is 0 Å². The van der Waals surface area contributed by atoms with Crippen molar-refractivity contribution < 1.29 is 4.79 Å². The second-order valence-electron chi connectivity index (χ2n) is 6.44. The van der Waals surface area contributed by atoms with Crippen molar-refractivity contribution in [1.29, 1.82) is 0 Å². The van der Waals surface area contributed by atoms with E-state index in [1.165, 1.54) is 16.7 Å². The first-order chi connectivity index (χ1) is 11.1. The maximum absolute atomic E-state index is 12.5. The van der Waals surface area contributed by atoms with Gasteiger partial charge in [-0.1, -0.05) is 23.8 Å². The van der Waals surface area contributed by atoms with Crippen LogP contribution in [0.15, 0.2) is 30.9 Å². The first-order valence-corrected chi connectivity index (χ1v) is 8.31. The molecular weight excluding hydrogens is 288 g/mol. The van der Waals surface area contributed by atoms with Crippen LogP contribution >= 0.6 is 0 Å². The molecule has 1 saturated heterocycles. The number of hydrogen-bond donors (Lipinski definition) is 0. The van der Waals surface area contributed by atoms with E-state index < -0.39 is 0 Å². The molecule has 23 heavy (non-hydrogen) atoms. The number of piperidine rings is 1. The lowest BCUT2D eigenvalue weighted by Crippen LogP contribution is -2.41. The van der Waals surface area contributed by atoms with E-state index in [1.807, 2.05) is 9.58 Å². The van der Waals surface area contributed by atoms with Gasteiger partial charge in [-0.2, -0.15) is 5.10 Å². The minimum absolute atomic E-state index is 0.245. The molecule has 2 heterocycles. The molecule has 1 aliphatic heterocycles. The minimum atomic E-state index is 0.245. The summed E-state index contributed by atoms with van der Waals surface area (Å²) in [5.74, 6) is 0.245. The van der Waals surface area contributed by atoms with Crippen LogP contribution in [0.4, 0.5) is 0 Å². The smallest absolute Gasteiger partial charge is 0.222 e. The monoisotopic (exact) mass is 312 g/mol. The van der Waals surface area contributed by atoms with E-state index >= 15 is 0 Å². The Kier molecular flexibility index (Phi) is 4.74. The first kappa shape index (κ1) is 15.7. The third-order valence-electron chi connectivity index (χ3n) is 4.67. The Morgan fingerprint density at radius 2 is 2.22 bits per heavy atom. The number of carbonyl (C=O) groups is 1. The van der Waals surface area contributed by atoms with Crippen molar-refractivity contribution in [3.8, 4) is 0 Å². The Labute approximate surface area is 137 Å². The number of aromatic nitrogens is 3. The van der Waals surface area contributed by atoms with Crippen LogP contribution in [0.2, 0.25) is 0 Å². The molecule has 1 amide bonds. The number of carbonyl (C=O) groups excluding carboxylic acids is 1. The Morgan fingerprint density at radius 1 is 1.35 bits per heavy atom. The Hall–Kier alpha value is -2.17. The van der Waals surface area contributed by atoms with E-state index in [1.54, 1.807) is 12.7 Å². The topological polar surface area (TPSA) is 51.0 Å². The van der Waals surface area contributed by atoms with Crippen LogP contribution in [-0.2, 0) is 11.2 Å². The predicted octanol–water partition coefficient (Wildman–Crippen LogP) is 2.69. The molecule has 0 radical (unpaired) electrons. The van der Waals surface area contributed by atoms with E-state index in [2.05, 4.69) is 42.1 Å². The summed E-state index contributed by atoms with van der Waals surface area (Å²) in [6, 6.07) is 6.71. The third-order valence-corrected chi connectivity index (χ3v) is 4.67. The van der Waals surface area contributed by atoms with Gasteiger partial charge in [0.15, 0.2) is 0 Å². The summed E-state index contributed by atoms with van der Waals surface area (Å²) in [5, 5.41) is 4.21. The fourth-order valence-electron chi connectivity index (χ4n) is 3.33. The molecule has 0 N–H and O–H groups in total. The van der Waals surface area contributed by atoms with Gasteiger partial charge in [0, 0.05) is 19.5 Å². The van der Waals surface area contributed by atoms with Crippen LogP contribution in [0.1, 0.15) is 42.0 Å². The zero-order valence-electron chi connectivity index (χ0n) is 13.9. The molecule has 0 bridgehead atoms. The maximum Gasteiger partial charge on any atom is 0.222 e. The van der Waals surface area contributed by atoms with Crippen molar-refractivity contribution in [2.24, 2.45) is 0 Å². The molecule has 5 nitrogen and oxygen atoms in total. The van der Waals surface area contributed by atoms with Crippen molar-refractivity contribution >= 4 is 5.91 Å². The maximum atomic E-state index is 12.5. The van der Waals surface area contributed by atoms with Gasteiger partial charge in [0.25, 0.3) is 0 Å². The van der Waals surface area contributed by atoms with Crippen molar-refractivity contribution in [2.45, 2.75) is 45.6 Å². The SMILES string of the molecule is Cc1ccc(CCC(=O)N2CCC[C@H](n3cncn3)C2)c(C)c1. The zero-order valence-corrected chi connectivity index (χ0v) is 13.9.